The van der Waals surface area contributed by atoms with Crippen LogP contribution in [0.15, 0.2) is 60.7 Å². The van der Waals surface area contributed by atoms with E-state index in [4.69, 9.17) is 0 Å². The summed E-state index contributed by atoms with van der Waals surface area (Å²) in [7, 11) is -1.38. The fourth-order valence-corrected chi connectivity index (χ4v) is 5.43. The molecule has 0 amide bonds. The van der Waals surface area contributed by atoms with E-state index in [-0.39, 0.29) is 0 Å². The minimum atomic E-state index is -1.38. The van der Waals surface area contributed by atoms with Gasteiger partial charge in [0.25, 0.3) is 0 Å². The van der Waals surface area contributed by atoms with E-state index in [0.717, 1.165) is 0 Å². The van der Waals surface area contributed by atoms with Crippen LogP contribution in [0.5, 0.6) is 0 Å². The van der Waals surface area contributed by atoms with Gasteiger partial charge in [0.1, 0.15) is 0 Å². The maximum absolute atomic E-state index is 3.71. The summed E-state index contributed by atoms with van der Waals surface area (Å²) in [6, 6.07) is 21.7. The molecule has 2 aromatic carbocycles. The molecule has 0 bridgehead atoms. The standard InChI is InChI=1S/C20H22Si/c1-4-10-18(11-5-1)16-17-21(19-12-6-2-7-13-19)20-14-8-3-9-15-20/h2-3,6-9,12-15,18,21H,1,4-5,10-11H2. The molecule has 0 saturated heterocycles. The first-order valence-electron chi connectivity index (χ1n) is 8.04. The number of hydrogen-bond acceptors (Lipinski definition) is 0. The van der Waals surface area contributed by atoms with Crippen molar-refractivity contribution in [1.82, 2.24) is 0 Å². The number of hydrogen-bond donors (Lipinski definition) is 0. The normalized spacial score (nSPS) is 15.5. The SMILES string of the molecule is C(#C[SiH](c1ccccc1)c1ccccc1)C1CCCCC1. The van der Waals surface area contributed by atoms with Gasteiger partial charge in [-0.1, -0.05) is 79.9 Å². The van der Waals surface area contributed by atoms with Crippen molar-refractivity contribution in [3.63, 3.8) is 0 Å². The van der Waals surface area contributed by atoms with Gasteiger partial charge < -0.3 is 0 Å². The average Bonchev–Trinajstić information content (AvgIpc) is 2.58. The molecule has 0 heterocycles. The molecule has 1 heteroatoms. The molecule has 106 valence electrons. The van der Waals surface area contributed by atoms with Crippen LogP contribution in [0.1, 0.15) is 32.1 Å². The highest BCUT2D eigenvalue weighted by Gasteiger charge is 2.15. The van der Waals surface area contributed by atoms with E-state index in [9.17, 15) is 0 Å². The van der Waals surface area contributed by atoms with Gasteiger partial charge in [-0.25, -0.2) is 0 Å². The van der Waals surface area contributed by atoms with E-state index in [1.165, 1.54) is 42.5 Å². The molecule has 0 N–H and O–H groups in total. The molecule has 1 fully saturated rings. The van der Waals surface area contributed by atoms with Crippen LogP contribution in [0, 0.1) is 17.4 Å². The zero-order chi connectivity index (χ0) is 14.3. The van der Waals surface area contributed by atoms with Crippen molar-refractivity contribution in [2.24, 2.45) is 5.92 Å². The lowest BCUT2D eigenvalue weighted by molar-refractivity contribution is 0.430. The summed E-state index contributed by atoms with van der Waals surface area (Å²) < 4.78 is 0. The van der Waals surface area contributed by atoms with E-state index in [1.54, 1.807) is 0 Å². The van der Waals surface area contributed by atoms with E-state index in [2.05, 4.69) is 72.1 Å². The highest BCUT2D eigenvalue weighted by atomic mass is 28.3. The molecule has 0 aromatic heterocycles. The fourth-order valence-electron chi connectivity index (χ4n) is 3.10. The smallest absolute Gasteiger partial charge is 0.124 e. The Morgan fingerprint density at radius 1 is 0.714 bits per heavy atom. The van der Waals surface area contributed by atoms with E-state index < -0.39 is 8.80 Å². The van der Waals surface area contributed by atoms with Gasteiger partial charge in [0.15, 0.2) is 8.80 Å². The molecule has 0 nitrogen and oxygen atoms in total. The summed E-state index contributed by atoms with van der Waals surface area (Å²) in [4.78, 5) is 0. The molecule has 1 aliphatic carbocycles. The van der Waals surface area contributed by atoms with Crippen molar-refractivity contribution >= 4 is 19.2 Å². The zero-order valence-corrected chi connectivity index (χ0v) is 13.6. The Balaban J connectivity index is 1.88. The Morgan fingerprint density at radius 2 is 1.24 bits per heavy atom. The second-order valence-electron chi connectivity index (χ2n) is 5.88. The van der Waals surface area contributed by atoms with Gasteiger partial charge in [0.2, 0.25) is 0 Å². The third-order valence-electron chi connectivity index (χ3n) is 4.30. The monoisotopic (exact) mass is 290 g/mol. The van der Waals surface area contributed by atoms with Crippen molar-refractivity contribution in [3.05, 3.63) is 60.7 Å². The predicted octanol–water partition coefficient (Wildman–Crippen LogP) is 3.15. The van der Waals surface area contributed by atoms with Crippen LogP contribution >= 0.6 is 0 Å². The lowest BCUT2D eigenvalue weighted by Crippen LogP contribution is -2.41. The zero-order valence-electron chi connectivity index (χ0n) is 12.5. The molecule has 0 spiro atoms. The van der Waals surface area contributed by atoms with E-state index >= 15 is 0 Å². The Labute approximate surface area is 129 Å². The number of benzene rings is 2. The van der Waals surface area contributed by atoms with Crippen LogP contribution in [0.4, 0.5) is 0 Å². The maximum atomic E-state index is 3.71. The molecule has 3 rings (SSSR count). The third kappa shape index (κ3) is 3.86. The highest BCUT2D eigenvalue weighted by molar-refractivity contribution is 6.91. The van der Waals surface area contributed by atoms with Crippen LogP contribution in [-0.2, 0) is 0 Å². The van der Waals surface area contributed by atoms with Crippen molar-refractivity contribution in [2.75, 3.05) is 0 Å². The van der Waals surface area contributed by atoms with Gasteiger partial charge in [-0.3, -0.25) is 0 Å². The maximum Gasteiger partial charge on any atom is 0.183 e. The molecule has 1 aliphatic rings. The topological polar surface area (TPSA) is 0 Å². The minimum Gasteiger partial charge on any atom is -0.124 e. The number of rotatable bonds is 2. The van der Waals surface area contributed by atoms with Crippen LogP contribution < -0.4 is 10.4 Å². The molecule has 0 atom stereocenters. The molecule has 0 aliphatic heterocycles. The predicted molar refractivity (Wildman–Crippen MR) is 93.7 cm³/mol. The highest BCUT2D eigenvalue weighted by Crippen LogP contribution is 2.22. The lowest BCUT2D eigenvalue weighted by atomic mass is 9.90. The van der Waals surface area contributed by atoms with Gasteiger partial charge in [-0.2, -0.15) is 0 Å². The quantitative estimate of drug-likeness (QED) is 0.589. The summed E-state index contributed by atoms with van der Waals surface area (Å²) in [5.41, 5.74) is 3.71. The van der Waals surface area contributed by atoms with E-state index in [1.807, 2.05) is 0 Å². The lowest BCUT2D eigenvalue weighted by Gasteiger charge is -2.16. The van der Waals surface area contributed by atoms with Gasteiger partial charge in [0, 0.05) is 5.92 Å². The second kappa shape index (κ2) is 7.29. The molecule has 0 radical (unpaired) electrons. The Kier molecular flexibility index (Phi) is 4.92. The van der Waals surface area contributed by atoms with Crippen LogP contribution in [0.2, 0.25) is 0 Å². The first-order chi connectivity index (χ1) is 10.4. The van der Waals surface area contributed by atoms with Gasteiger partial charge in [-0.15, -0.1) is 11.5 Å². The summed E-state index contributed by atoms with van der Waals surface area (Å²) in [5.74, 6) is 4.27. The van der Waals surface area contributed by atoms with Crippen LogP contribution in [0.25, 0.3) is 0 Å². The average molecular weight is 290 g/mol. The van der Waals surface area contributed by atoms with Gasteiger partial charge in [-0.05, 0) is 23.2 Å². The molecular formula is C20H22Si. The second-order valence-corrected chi connectivity index (χ2v) is 8.37. The summed E-state index contributed by atoms with van der Waals surface area (Å²) in [6.45, 7) is 0. The Hall–Kier alpha value is -1.78. The third-order valence-corrected chi connectivity index (χ3v) is 6.86. The molecular weight excluding hydrogens is 268 g/mol. The minimum absolute atomic E-state index is 0.640. The Bertz CT molecular complexity index is 561. The van der Waals surface area contributed by atoms with Crippen LogP contribution in [-0.4, -0.2) is 8.80 Å². The van der Waals surface area contributed by atoms with Crippen molar-refractivity contribution in [1.29, 1.82) is 0 Å². The molecule has 0 unspecified atom stereocenters. The molecule has 1 saturated carbocycles. The van der Waals surface area contributed by atoms with Gasteiger partial charge >= 0.3 is 0 Å². The van der Waals surface area contributed by atoms with Crippen molar-refractivity contribution in [3.8, 4) is 11.5 Å². The van der Waals surface area contributed by atoms with Crippen molar-refractivity contribution < 1.29 is 0 Å². The molecule has 21 heavy (non-hydrogen) atoms. The fraction of sp³-hybridized carbons (Fsp3) is 0.300. The summed E-state index contributed by atoms with van der Waals surface area (Å²) in [6.07, 6.45) is 6.73. The first-order valence-corrected chi connectivity index (χ1v) is 9.77. The summed E-state index contributed by atoms with van der Waals surface area (Å²) >= 11 is 0. The summed E-state index contributed by atoms with van der Waals surface area (Å²) in [5, 5.41) is 2.87. The molecule has 2 aromatic rings. The van der Waals surface area contributed by atoms with Crippen LogP contribution in [0.3, 0.4) is 0 Å². The van der Waals surface area contributed by atoms with E-state index in [0.29, 0.717) is 5.92 Å². The van der Waals surface area contributed by atoms with Gasteiger partial charge in [0.05, 0.1) is 0 Å². The van der Waals surface area contributed by atoms with Crippen molar-refractivity contribution in [2.45, 2.75) is 32.1 Å². The first kappa shape index (κ1) is 14.2. The Morgan fingerprint density at radius 3 is 1.76 bits per heavy atom. The largest absolute Gasteiger partial charge is 0.183 e.